The summed E-state index contributed by atoms with van der Waals surface area (Å²) >= 11 is 1.80. The zero-order valence-electron chi connectivity index (χ0n) is 15.1. The van der Waals surface area contributed by atoms with Crippen molar-refractivity contribution in [2.75, 3.05) is 19.6 Å². The van der Waals surface area contributed by atoms with Crippen molar-refractivity contribution in [3.63, 3.8) is 0 Å². The van der Waals surface area contributed by atoms with E-state index in [1.165, 1.54) is 4.88 Å². The van der Waals surface area contributed by atoms with Crippen LogP contribution in [0.1, 0.15) is 37.4 Å². The highest BCUT2D eigenvalue weighted by Gasteiger charge is 2.03. The van der Waals surface area contributed by atoms with Gasteiger partial charge in [0, 0.05) is 37.5 Å². The minimum absolute atomic E-state index is 0. The summed E-state index contributed by atoms with van der Waals surface area (Å²) in [6.45, 7) is 7.68. The molecule has 2 heterocycles. The zero-order chi connectivity index (χ0) is 17.0. The number of nitrogens with one attached hydrogen (secondary N) is 2. The van der Waals surface area contributed by atoms with E-state index in [4.69, 9.17) is 0 Å². The van der Waals surface area contributed by atoms with Crippen molar-refractivity contribution >= 4 is 41.3 Å². The van der Waals surface area contributed by atoms with Crippen LogP contribution in [0.2, 0.25) is 0 Å². The van der Waals surface area contributed by atoms with Crippen molar-refractivity contribution in [3.05, 3.63) is 34.5 Å². The minimum atomic E-state index is 0. The number of aryl methyl sites for hydroxylation is 1. The molecule has 0 aliphatic carbocycles. The van der Waals surface area contributed by atoms with Gasteiger partial charge in [0.1, 0.15) is 12.2 Å². The predicted molar refractivity (Wildman–Crippen MR) is 116 cm³/mol. The van der Waals surface area contributed by atoms with Gasteiger partial charge < -0.3 is 15.2 Å². The maximum absolute atomic E-state index is 4.65. The zero-order valence-corrected chi connectivity index (χ0v) is 18.2. The summed E-state index contributed by atoms with van der Waals surface area (Å²) in [6, 6.07) is 4.27. The Hall–Kier alpha value is -1.16. The van der Waals surface area contributed by atoms with Gasteiger partial charge in [0.05, 0.1) is 0 Å². The van der Waals surface area contributed by atoms with Crippen molar-refractivity contribution in [1.29, 1.82) is 0 Å². The predicted octanol–water partition coefficient (Wildman–Crippen LogP) is 3.10. The van der Waals surface area contributed by atoms with Crippen molar-refractivity contribution in [1.82, 2.24) is 25.4 Å². The Morgan fingerprint density at radius 3 is 2.84 bits per heavy atom. The Kier molecular flexibility index (Phi) is 11.5. The van der Waals surface area contributed by atoms with Gasteiger partial charge in [0.15, 0.2) is 5.96 Å². The average Bonchev–Trinajstić information content (AvgIpc) is 3.26. The maximum Gasteiger partial charge on any atom is 0.191 e. The van der Waals surface area contributed by atoms with E-state index in [0.717, 1.165) is 63.6 Å². The highest BCUT2D eigenvalue weighted by molar-refractivity contribution is 14.0. The van der Waals surface area contributed by atoms with E-state index in [1.807, 2.05) is 0 Å². The Morgan fingerprint density at radius 1 is 1.28 bits per heavy atom. The fourth-order valence-electron chi connectivity index (χ4n) is 2.32. The van der Waals surface area contributed by atoms with Crippen LogP contribution in [0.4, 0.5) is 0 Å². The molecule has 0 spiro atoms. The van der Waals surface area contributed by atoms with Gasteiger partial charge in [-0.3, -0.25) is 4.99 Å². The molecule has 2 aromatic rings. The normalized spacial score (nSPS) is 11.2. The maximum atomic E-state index is 4.65. The average molecular weight is 476 g/mol. The monoisotopic (exact) mass is 476 g/mol. The van der Waals surface area contributed by atoms with Gasteiger partial charge >= 0.3 is 0 Å². The number of unbranched alkanes of at least 4 members (excludes halogenated alkanes) is 1. The van der Waals surface area contributed by atoms with Gasteiger partial charge in [0.25, 0.3) is 0 Å². The Balaban J connectivity index is 0.00000312. The number of rotatable bonds is 10. The molecule has 140 valence electrons. The van der Waals surface area contributed by atoms with Gasteiger partial charge in [-0.2, -0.15) is 0 Å². The van der Waals surface area contributed by atoms with Gasteiger partial charge in [0.2, 0.25) is 0 Å². The molecule has 0 amide bonds. The van der Waals surface area contributed by atoms with Crippen LogP contribution in [0.25, 0.3) is 0 Å². The largest absolute Gasteiger partial charge is 0.356 e. The molecular weight excluding hydrogens is 447 g/mol. The van der Waals surface area contributed by atoms with E-state index in [2.05, 4.69) is 61.8 Å². The first kappa shape index (κ1) is 21.9. The Bertz CT molecular complexity index is 596. The molecule has 0 fully saturated rings. The second-order valence-electron chi connectivity index (χ2n) is 5.56. The van der Waals surface area contributed by atoms with Gasteiger partial charge in [-0.15, -0.1) is 45.5 Å². The lowest BCUT2D eigenvalue weighted by Crippen LogP contribution is -2.40. The summed E-state index contributed by atoms with van der Waals surface area (Å²) < 4.78 is 2.09. The number of nitrogens with zero attached hydrogens (tertiary/aromatic N) is 4. The van der Waals surface area contributed by atoms with Crippen LogP contribution in [-0.4, -0.2) is 40.4 Å². The number of hydrogen-bond acceptors (Lipinski definition) is 4. The molecule has 0 aliphatic rings. The summed E-state index contributed by atoms with van der Waals surface area (Å²) in [4.78, 5) is 6.05. The fraction of sp³-hybridized carbons (Fsp3) is 0.588. The second kappa shape index (κ2) is 13.1. The van der Waals surface area contributed by atoms with Gasteiger partial charge in [-0.1, -0.05) is 26.3 Å². The number of thiophene rings is 1. The van der Waals surface area contributed by atoms with Gasteiger partial charge in [-0.25, -0.2) is 0 Å². The van der Waals surface area contributed by atoms with Crippen molar-refractivity contribution in [3.8, 4) is 0 Å². The first-order chi connectivity index (χ1) is 11.8. The number of aliphatic imine (C=N–C) groups is 1. The highest BCUT2D eigenvalue weighted by atomic mass is 127. The lowest BCUT2D eigenvalue weighted by Gasteiger charge is -2.13. The second-order valence-corrected chi connectivity index (χ2v) is 6.59. The summed E-state index contributed by atoms with van der Waals surface area (Å²) in [7, 11) is 0. The van der Waals surface area contributed by atoms with Crippen LogP contribution in [0.15, 0.2) is 28.8 Å². The van der Waals surface area contributed by atoms with E-state index in [0.29, 0.717) is 0 Å². The van der Waals surface area contributed by atoms with Crippen molar-refractivity contribution < 1.29 is 0 Å². The van der Waals surface area contributed by atoms with Crippen LogP contribution < -0.4 is 10.6 Å². The van der Waals surface area contributed by atoms with Crippen LogP contribution in [0, 0.1) is 0 Å². The molecule has 2 N–H and O–H groups in total. The quantitative estimate of drug-likeness (QED) is 0.239. The molecule has 0 atom stereocenters. The topological polar surface area (TPSA) is 67.1 Å². The molecule has 2 aromatic heterocycles. The molecule has 0 unspecified atom stereocenters. The third-order valence-electron chi connectivity index (χ3n) is 3.68. The molecule has 0 saturated heterocycles. The number of guanidine groups is 1. The third-order valence-corrected chi connectivity index (χ3v) is 4.62. The number of halogens is 1. The molecule has 2 rings (SSSR count). The van der Waals surface area contributed by atoms with E-state index in [-0.39, 0.29) is 24.0 Å². The van der Waals surface area contributed by atoms with Gasteiger partial charge in [-0.05, 0) is 24.3 Å². The van der Waals surface area contributed by atoms with Crippen molar-refractivity contribution in [2.24, 2.45) is 4.99 Å². The molecule has 0 aliphatic heterocycles. The summed E-state index contributed by atoms with van der Waals surface area (Å²) in [5, 5.41) is 17.0. The molecule has 0 aromatic carbocycles. The van der Waals surface area contributed by atoms with Crippen LogP contribution >= 0.6 is 35.3 Å². The highest BCUT2D eigenvalue weighted by Crippen LogP contribution is 2.07. The molecule has 8 heteroatoms. The van der Waals surface area contributed by atoms with E-state index in [9.17, 15) is 0 Å². The summed E-state index contributed by atoms with van der Waals surface area (Å²) in [5.41, 5.74) is 0. The summed E-state index contributed by atoms with van der Waals surface area (Å²) in [5.74, 6) is 1.91. The van der Waals surface area contributed by atoms with Crippen LogP contribution in [0.5, 0.6) is 0 Å². The molecule has 0 bridgehead atoms. The fourth-order valence-corrected chi connectivity index (χ4v) is 3.03. The lowest BCUT2D eigenvalue weighted by atomic mass is 10.3. The number of hydrogen-bond donors (Lipinski definition) is 2. The molecule has 0 saturated carbocycles. The molecular formula is C17H29IN6S. The Morgan fingerprint density at radius 2 is 2.12 bits per heavy atom. The molecule has 0 radical (unpaired) electrons. The van der Waals surface area contributed by atoms with Crippen molar-refractivity contribution in [2.45, 2.75) is 46.1 Å². The Labute approximate surface area is 171 Å². The lowest BCUT2D eigenvalue weighted by molar-refractivity contribution is 0.630. The first-order valence-corrected chi connectivity index (χ1v) is 9.62. The van der Waals surface area contributed by atoms with Crippen LogP contribution in [-0.2, 0) is 19.4 Å². The molecule has 6 nitrogen and oxygen atoms in total. The SMILES string of the molecule is CCCCN=C(NCCc1cccs1)NCCn1cnnc1CC.I. The number of aromatic nitrogens is 3. The van der Waals surface area contributed by atoms with E-state index < -0.39 is 0 Å². The standard InChI is InChI=1S/C17H28N6S.HI/c1-3-5-9-18-17(19-10-8-15-7-6-13-24-15)20-11-12-23-14-21-22-16(23)4-2;/h6-7,13-14H,3-5,8-12H2,1-2H3,(H2,18,19,20);1H. The minimum Gasteiger partial charge on any atom is -0.356 e. The van der Waals surface area contributed by atoms with E-state index in [1.54, 1.807) is 17.7 Å². The van der Waals surface area contributed by atoms with E-state index >= 15 is 0 Å². The smallest absolute Gasteiger partial charge is 0.191 e. The van der Waals surface area contributed by atoms with Crippen LogP contribution in [0.3, 0.4) is 0 Å². The summed E-state index contributed by atoms with van der Waals surface area (Å²) in [6.07, 6.45) is 5.99. The first-order valence-electron chi connectivity index (χ1n) is 8.74. The third kappa shape index (κ3) is 8.17. The molecule has 25 heavy (non-hydrogen) atoms.